The molecule has 120 valence electrons. The third kappa shape index (κ3) is 4.57. The number of hydrogen-bond donors (Lipinski definition) is 1. The number of pyridine rings is 2. The number of halogens is 1. The molecule has 3 rings (SSSR count). The Hall–Kier alpha value is -2.37. The van der Waals surface area contributed by atoms with Crippen molar-refractivity contribution < 1.29 is 4.79 Å². The van der Waals surface area contributed by atoms with Gasteiger partial charge in [-0.3, -0.25) is 9.78 Å². The van der Waals surface area contributed by atoms with E-state index in [0.717, 1.165) is 22.0 Å². The Morgan fingerprint density at radius 2 is 1.96 bits per heavy atom. The second-order valence-electron chi connectivity index (χ2n) is 4.97. The molecule has 1 amide bonds. The number of benzene rings is 1. The molecule has 0 aliphatic carbocycles. The summed E-state index contributed by atoms with van der Waals surface area (Å²) in [5, 5.41) is 4.29. The van der Waals surface area contributed by atoms with Crippen molar-refractivity contribution in [2.45, 2.75) is 10.8 Å². The highest BCUT2D eigenvalue weighted by atomic mass is 35.5. The van der Waals surface area contributed by atoms with Crippen LogP contribution in [0.5, 0.6) is 0 Å². The van der Waals surface area contributed by atoms with E-state index in [-0.39, 0.29) is 11.6 Å². The standard InChI is InChI=1S/C18H14ClN3OS/c19-14-7-9-20-16(11-14)18(23)22-15-5-3-4-13(10-15)12-24-17-6-1-2-8-21-17/h1-11H,12H2,(H,22,23). The average molecular weight is 356 g/mol. The Morgan fingerprint density at radius 1 is 1.04 bits per heavy atom. The Bertz CT molecular complexity index is 842. The van der Waals surface area contributed by atoms with Crippen molar-refractivity contribution in [1.29, 1.82) is 0 Å². The second kappa shape index (κ2) is 7.95. The van der Waals surface area contributed by atoms with Crippen LogP contribution in [0.25, 0.3) is 0 Å². The maximum atomic E-state index is 12.2. The third-order valence-electron chi connectivity index (χ3n) is 3.16. The van der Waals surface area contributed by atoms with Crippen LogP contribution in [0.1, 0.15) is 16.1 Å². The first-order valence-corrected chi connectivity index (χ1v) is 8.63. The average Bonchev–Trinajstić information content (AvgIpc) is 2.61. The van der Waals surface area contributed by atoms with E-state index in [1.807, 2.05) is 42.5 Å². The van der Waals surface area contributed by atoms with Crippen LogP contribution >= 0.6 is 23.4 Å². The predicted molar refractivity (Wildman–Crippen MR) is 97.4 cm³/mol. The highest BCUT2D eigenvalue weighted by Crippen LogP contribution is 2.22. The lowest BCUT2D eigenvalue weighted by atomic mass is 10.2. The number of nitrogens with one attached hydrogen (secondary N) is 1. The van der Waals surface area contributed by atoms with Gasteiger partial charge in [0.25, 0.3) is 5.91 Å². The largest absolute Gasteiger partial charge is 0.321 e. The Balaban J connectivity index is 1.65. The van der Waals surface area contributed by atoms with Crippen molar-refractivity contribution in [3.8, 4) is 0 Å². The summed E-state index contributed by atoms with van der Waals surface area (Å²) in [5.41, 5.74) is 2.11. The number of rotatable bonds is 5. The smallest absolute Gasteiger partial charge is 0.274 e. The zero-order chi connectivity index (χ0) is 16.8. The molecule has 0 saturated carbocycles. The van der Waals surface area contributed by atoms with Gasteiger partial charge in [0.05, 0.1) is 5.03 Å². The molecule has 0 atom stereocenters. The molecule has 3 aromatic rings. The summed E-state index contributed by atoms with van der Waals surface area (Å²) >= 11 is 7.53. The van der Waals surface area contributed by atoms with E-state index in [1.165, 1.54) is 12.3 Å². The number of aromatic nitrogens is 2. The molecule has 1 aromatic carbocycles. The minimum absolute atomic E-state index is 0.285. The topological polar surface area (TPSA) is 54.9 Å². The predicted octanol–water partition coefficient (Wildman–Crippen LogP) is 4.67. The molecule has 1 N–H and O–H groups in total. The number of anilines is 1. The van der Waals surface area contributed by atoms with Gasteiger partial charge < -0.3 is 5.32 Å². The van der Waals surface area contributed by atoms with Crippen molar-refractivity contribution in [1.82, 2.24) is 9.97 Å². The molecule has 2 aromatic heterocycles. The van der Waals surface area contributed by atoms with Gasteiger partial charge in [0.2, 0.25) is 0 Å². The fourth-order valence-electron chi connectivity index (χ4n) is 2.05. The minimum Gasteiger partial charge on any atom is -0.321 e. The van der Waals surface area contributed by atoms with Gasteiger partial charge >= 0.3 is 0 Å². The number of thioether (sulfide) groups is 1. The molecular weight excluding hydrogens is 342 g/mol. The molecule has 0 saturated heterocycles. The minimum atomic E-state index is -0.285. The first-order chi connectivity index (χ1) is 11.7. The molecule has 6 heteroatoms. The Morgan fingerprint density at radius 3 is 2.75 bits per heavy atom. The first kappa shape index (κ1) is 16.5. The molecule has 0 aliphatic rings. The molecule has 2 heterocycles. The zero-order valence-corrected chi connectivity index (χ0v) is 14.2. The molecule has 0 bridgehead atoms. The van der Waals surface area contributed by atoms with Gasteiger partial charge in [0.15, 0.2) is 0 Å². The quantitative estimate of drug-likeness (QED) is 0.675. The van der Waals surface area contributed by atoms with Crippen molar-refractivity contribution in [3.05, 3.63) is 83.3 Å². The summed E-state index contributed by atoms with van der Waals surface area (Å²) < 4.78 is 0. The Kier molecular flexibility index (Phi) is 5.46. The van der Waals surface area contributed by atoms with Gasteiger partial charge in [-0.1, -0.05) is 29.8 Å². The molecule has 0 fully saturated rings. The number of nitrogens with zero attached hydrogens (tertiary/aromatic N) is 2. The van der Waals surface area contributed by atoms with Crippen molar-refractivity contribution >= 4 is 35.0 Å². The maximum absolute atomic E-state index is 12.2. The van der Waals surface area contributed by atoms with Gasteiger partial charge in [-0.2, -0.15) is 0 Å². The maximum Gasteiger partial charge on any atom is 0.274 e. The molecule has 0 unspecified atom stereocenters. The van der Waals surface area contributed by atoms with Crippen LogP contribution < -0.4 is 5.32 Å². The molecule has 24 heavy (non-hydrogen) atoms. The summed E-state index contributed by atoms with van der Waals surface area (Å²) in [6.07, 6.45) is 3.29. The van der Waals surface area contributed by atoms with E-state index in [2.05, 4.69) is 15.3 Å². The van der Waals surface area contributed by atoms with Crippen LogP contribution in [0.15, 0.2) is 72.0 Å². The van der Waals surface area contributed by atoms with Gasteiger partial charge in [-0.05, 0) is 42.0 Å². The Labute approximate surface area is 149 Å². The summed E-state index contributed by atoms with van der Waals surface area (Å²) in [7, 11) is 0. The molecular formula is C18H14ClN3OS. The molecule has 0 aliphatic heterocycles. The lowest BCUT2D eigenvalue weighted by Gasteiger charge is -2.07. The van der Waals surface area contributed by atoms with Crippen LogP contribution in [0.3, 0.4) is 0 Å². The molecule has 4 nitrogen and oxygen atoms in total. The van der Waals surface area contributed by atoms with Crippen LogP contribution in [-0.2, 0) is 5.75 Å². The number of carbonyl (C=O) groups is 1. The fraction of sp³-hybridized carbons (Fsp3) is 0.0556. The number of amides is 1. The summed E-state index contributed by atoms with van der Waals surface area (Å²) in [5.74, 6) is 0.489. The highest BCUT2D eigenvalue weighted by molar-refractivity contribution is 7.98. The third-order valence-corrected chi connectivity index (χ3v) is 4.41. The summed E-state index contributed by atoms with van der Waals surface area (Å²) in [6, 6.07) is 16.7. The first-order valence-electron chi connectivity index (χ1n) is 7.26. The second-order valence-corrected chi connectivity index (χ2v) is 6.40. The SMILES string of the molecule is O=C(Nc1cccc(CSc2ccccn2)c1)c1cc(Cl)ccn1. The zero-order valence-electron chi connectivity index (χ0n) is 12.6. The normalized spacial score (nSPS) is 10.4. The monoisotopic (exact) mass is 355 g/mol. The molecule has 0 spiro atoms. The highest BCUT2D eigenvalue weighted by Gasteiger charge is 2.08. The van der Waals surface area contributed by atoms with Crippen LogP contribution in [0, 0.1) is 0 Å². The summed E-state index contributed by atoms with van der Waals surface area (Å²) in [4.78, 5) is 20.5. The van der Waals surface area contributed by atoms with E-state index in [0.29, 0.717) is 5.02 Å². The van der Waals surface area contributed by atoms with E-state index >= 15 is 0 Å². The van der Waals surface area contributed by atoms with Gasteiger partial charge in [-0.15, -0.1) is 11.8 Å². The van der Waals surface area contributed by atoms with Crippen LogP contribution in [0.2, 0.25) is 5.02 Å². The van der Waals surface area contributed by atoms with Crippen LogP contribution in [-0.4, -0.2) is 15.9 Å². The lowest BCUT2D eigenvalue weighted by Crippen LogP contribution is -2.13. The lowest BCUT2D eigenvalue weighted by molar-refractivity contribution is 0.102. The van der Waals surface area contributed by atoms with E-state index in [1.54, 1.807) is 24.0 Å². The van der Waals surface area contributed by atoms with Gasteiger partial charge in [0.1, 0.15) is 5.69 Å². The van der Waals surface area contributed by atoms with Crippen LogP contribution in [0.4, 0.5) is 5.69 Å². The number of hydrogen-bond acceptors (Lipinski definition) is 4. The van der Waals surface area contributed by atoms with Crippen molar-refractivity contribution in [3.63, 3.8) is 0 Å². The van der Waals surface area contributed by atoms with E-state index < -0.39 is 0 Å². The van der Waals surface area contributed by atoms with Crippen molar-refractivity contribution in [2.75, 3.05) is 5.32 Å². The summed E-state index contributed by atoms with van der Waals surface area (Å²) in [6.45, 7) is 0. The van der Waals surface area contributed by atoms with E-state index in [9.17, 15) is 4.79 Å². The fourth-order valence-corrected chi connectivity index (χ4v) is 3.02. The van der Waals surface area contributed by atoms with Gasteiger partial charge in [-0.25, -0.2) is 4.98 Å². The van der Waals surface area contributed by atoms with Crippen molar-refractivity contribution in [2.24, 2.45) is 0 Å². The molecule has 0 radical (unpaired) electrons. The van der Waals surface area contributed by atoms with Gasteiger partial charge in [0, 0.05) is 28.9 Å². The number of carbonyl (C=O) groups excluding carboxylic acids is 1. The van der Waals surface area contributed by atoms with E-state index in [4.69, 9.17) is 11.6 Å².